The molecule has 17 heavy (non-hydrogen) atoms. The number of aromatic amines is 1. The van der Waals surface area contributed by atoms with Gasteiger partial charge >= 0.3 is 0 Å². The van der Waals surface area contributed by atoms with Crippen molar-refractivity contribution in [3.63, 3.8) is 0 Å². The van der Waals surface area contributed by atoms with E-state index in [-0.39, 0.29) is 0 Å². The largest absolute Gasteiger partial charge is 0.496 e. The molecule has 3 aromatic rings. The first-order valence-electron chi connectivity index (χ1n) is 5.32. The third kappa shape index (κ3) is 1.34. The molecule has 1 N–H and O–H groups in total. The van der Waals surface area contributed by atoms with Crippen LogP contribution in [0.5, 0.6) is 11.6 Å². The number of nitrogens with zero attached hydrogens (tertiary/aromatic N) is 1. The second-order valence-corrected chi connectivity index (χ2v) is 3.76. The lowest BCUT2D eigenvalue weighted by Gasteiger charge is -2.00. The Hall–Kier alpha value is -2.23. The lowest BCUT2D eigenvalue weighted by atomic mass is 10.2. The van der Waals surface area contributed by atoms with E-state index in [2.05, 4.69) is 9.97 Å². The van der Waals surface area contributed by atoms with Gasteiger partial charge in [0.25, 0.3) is 0 Å². The summed E-state index contributed by atoms with van der Waals surface area (Å²) in [4.78, 5) is 7.48. The molecule has 0 aliphatic carbocycles. The molecular formula is C13H12N2O2. The van der Waals surface area contributed by atoms with Crippen LogP contribution in [0.2, 0.25) is 0 Å². The molecule has 0 aliphatic rings. The lowest BCUT2D eigenvalue weighted by Crippen LogP contribution is -1.86. The van der Waals surface area contributed by atoms with Gasteiger partial charge in [0.05, 0.1) is 19.6 Å². The Labute approximate surface area is 98.2 Å². The summed E-state index contributed by atoms with van der Waals surface area (Å²) in [6, 6.07) is 5.93. The van der Waals surface area contributed by atoms with Crippen LogP contribution in [0.25, 0.3) is 21.7 Å². The number of aromatic nitrogens is 2. The van der Waals surface area contributed by atoms with Crippen LogP contribution in [0.15, 0.2) is 30.6 Å². The number of hydrogen-bond acceptors (Lipinski definition) is 3. The van der Waals surface area contributed by atoms with Crippen molar-refractivity contribution in [2.75, 3.05) is 14.2 Å². The molecule has 4 heteroatoms. The van der Waals surface area contributed by atoms with Gasteiger partial charge in [-0.2, -0.15) is 0 Å². The van der Waals surface area contributed by atoms with E-state index < -0.39 is 0 Å². The fraction of sp³-hybridized carbons (Fsp3) is 0.154. The molecule has 0 saturated heterocycles. The van der Waals surface area contributed by atoms with E-state index in [1.165, 1.54) is 0 Å². The molecule has 0 spiro atoms. The highest BCUT2D eigenvalue weighted by molar-refractivity contribution is 6.14. The summed E-state index contributed by atoms with van der Waals surface area (Å²) in [6.07, 6.45) is 3.63. The van der Waals surface area contributed by atoms with Crippen LogP contribution in [-0.2, 0) is 0 Å². The zero-order chi connectivity index (χ0) is 11.8. The fourth-order valence-corrected chi connectivity index (χ4v) is 2.17. The number of methoxy groups -OCH3 is 2. The maximum atomic E-state index is 5.40. The maximum absolute atomic E-state index is 5.40. The maximum Gasteiger partial charge on any atom is 0.224 e. The Morgan fingerprint density at radius 2 is 2.00 bits per heavy atom. The van der Waals surface area contributed by atoms with E-state index in [9.17, 15) is 0 Å². The predicted octanol–water partition coefficient (Wildman–Crippen LogP) is 2.73. The third-order valence-corrected chi connectivity index (χ3v) is 2.90. The molecule has 0 bridgehead atoms. The van der Waals surface area contributed by atoms with Crippen molar-refractivity contribution < 1.29 is 9.47 Å². The van der Waals surface area contributed by atoms with Gasteiger partial charge in [-0.05, 0) is 23.6 Å². The first-order valence-corrected chi connectivity index (χ1v) is 5.32. The summed E-state index contributed by atoms with van der Waals surface area (Å²) in [5.74, 6) is 1.36. The van der Waals surface area contributed by atoms with E-state index in [1.54, 1.807) is 20.4 Å². The van der Waals surface area contributed by atoms with Crippen molar-refractivity contribution in [3.05, 3.63) is 30.6 Å². The highest BCUT2D eigenvalue weighted by Gasteiger charge is 2.14. The van der Waals surface area contributed by atoms with E-state index in [1.807, 2.05) is 24.4 Å². The van der Waals surface area contributed by atoms with E-state index in [4.69, 9.17) is 9.47 Å². The molecule has 1 aromatic carbocycles. The van der Waals surface area contributed by atoms with Gasteiger partial charge in [0.15, 0.2) is 0 Å². The quantitative estimate of drug-likeness (QED) is 0.733. The van der Waals surface area contributed by atoms with Crippen LogP contribution in [0.3, 0.4) is 0 Å². The highest BCUT2D eigenvalue weighted by atomic mass is 16.5. The monoisotopic (exact) mass is 228 g/mol. The van der Waals surface area contributed by atoms with Crippen molar-refractivity contribution in [3.8, 4) is 11.6 Å². The molecule has 0 aliphatic heterocycles. The van der Waals surface area contributed by atoms with Crippen molar-refractivity contribution in [1.82, 2.24) is 9.97 Å². The van der Waals surface area contributed by atoms with E-state index >= 15 is 0 Å². The normalized spacial score (nSPS) is 10.9. The van der Waals surface area contributed by atoms with Crippen LogP contribution in [0.4, 0.5) is 0 Å². The summed E-state index contributed by atoms with van der Waals surface area (Å²) < 4.78 is 10.7. The Balaban J connectivity index is 2.62. The van der Waals surface area contributed by atoms with E-state index in [0.29, 0.717) is 5.88 Å². The van der Waals surface area contributed by atoms with Gasteiger partial charge in [-0.1, -0.05) is 0 Å². The van der Waals surface area contributed by atoms with Gasteiger partial charge in [-0.25, -0.2) is 4.98 Å². The summed E-state index contributed by atoms with van der Waals surface area (Å²) in [5.41, 5.74) is 1.01. The minimum absolute atomic E-state index is 0.575. The van der Waals surface area contributed by atoms with Crippen molar-refractivity contribution >= 4 is 21.7 Å². The standard InChI is InChI=1S/C13H12N2O2/c1-16-10-7-8-3-5-14-9-4-6-15-13(17-2)12(10)11(8)9/h3-7,14H,1-2H3. The van der Waals surface area contributed by atoms with Gasteiger partial charge in [-0.15, -0.1) is 0 Å². The van der Waals surface area contributed by atoms with Gasteiger partial charge in [-0.3, -0.25) is 0 Å². The summed E-state index contributed by atoms with van der Waals surface area (Å²) in [7, 11) is 3.27. The lowest BCUT2D eigenvalue weighted by molar-refractivity contribution is 0.395. The van der Waals surface area contributed by atoms with Crippen molar-refractivity contribution in [1.29, 1.82) is 0 Å². The Morgan fingerprint density at radius 3 is 2.76 bits per heavy atom. The SMILES string of the molecule is COc1cc2cc[nH]c3ccnc(OC)c1c23. The first kappa shape index (κ1) is 9.96. The summed E-state index contributed by atoms with van der Waals surface area (Å²) in [5, 5.41) is 3.10. The van der Waals surface area contributed by atoms with Crippen LogP contribution < -0.4 is 9.47 Å². The smallest absolute Gasteiger partial charge is 0.224 e. The van der Waals surface area contributed by atoms with Gasteiger partial charge in [0, 0.05) is 23.3 Å². The predicted molar refractivity (Wildman–Crippen MR) is 66.7 cm³/mol. The summed E-state index contributed by atoms with van der Waals surface area (Å²) >= 11 is 0. The molecule has 2 aromatic heterocycles. The minimum atomic E-state index is 0.575. The zero-order valence-corrected chi connectivity index (χ0v) is 9.65. The first-order chi connectivity index (χ1) is 8.35. The zero-order valence-electron chi connectivity index (χ0n) is 9.65. The minimum Gasteiger partial charge on any atom is -0.496 e. The summed E-state index contributed by atoms with van der Waals surface area (Å²) in [6.45, 7) is 0. The van der Waals surface area contributed by atoms with E-state index in [0.717, 1.165) is 27.4 Å². The topological polar surface area (TPSA) is 47.1 Å². The fourth-order valence-electron chi connectivity index (χ4n) is 2.17. The molecule has 86 valence electrons. The number of pyridine rings is 1. The Morgan fingerprint density at radius 1 is 1.12 bits per heavy atom. The molecule has 0 saturated carbocycles. The molecule has 0 unspecified atom stereocenters. The molecule has 0 atom stereocenters. The van der Waals surface area contributed by atoms with Crippen molar-refractivity contribution in [2.24, 2.45) is 0 Å². The molecule has 0 amide bonds. The number of hydrogen-bond donors (Lipinski definition) is 1. The number of rotatable bonds is 2. The molecule has 0 fully saturated rings. The van der Waals surface area contributed by atoms with Crippen LogP contribution in [0.1, 0.15) is 0 Å². The molecular weight excluding hydrogens is 216 g/mol. The molecule has 4 nitrogen and oxygen atoms in total. The third-order valence-electron chi connectivity index (χ3n) is 2.90. The van der Waals surface area contributed by atoms with Gasteiger partial charge in [0.1, 0.15) is 5.75 Å². The number of H-pyrrole nitrogens is 1. The second-order valence-electron chi connectivity index (χ2n) is 3.76. The number of nitrogens with one attached hydrogen (secondary N) is 1. The average molecular weight is 228 g/mol. The number of ether oxygens (including phenoxy) is 2. The van der Waals surface area contributed by atoms with Gasteiger partial charge < -0.3 is 14.5 Å². The molecule has 0 radical (unpaired) electrons. The van der Waals surface area contributed by atoms with Gasteiger partial charge in [0.2, 0.25) is 5.88 Å². The average Bonchev–Trinajstić information content (AvgIpc) is 2.62. The van der Waals surface area contributed by atoms with Crippen LogP contribution >= 0.6 is 0 Å². The Kier molecular flexibility index (Phi) is 2.14. The molecule has 3 rings (SSSR count). The molecule has 2 heterocycles. The van der Waals surface area contributed by atoms with Crippen LogP contribution in [-0.4, -0.2) is 24.2 Å². The highest BCUT2D eigenvalue weighted by Crippen LogP contribution is 2.39. The van der Waals surface area contributed by atoms with Crippen LogP contribution in [0, 0.1) is 0 Å². The second kappa shape index (κ2) is 3.66. The van der Waals surface area contributed by atoms with Crippen molar-refractivity contribution in [2.45, 2.75) is 0 Å². The Bertz CT molecular complexity index is 688.